The van der Waals surface area contributed by atoms with Crippen LogP contribution in [-0.2, 0) is 9.59 Å². The van der Waals surface area contributed by atoms with Gasteiger partial charge in [0, 0.05) is 6.54 Å². The van der Waals surface area contributed by atoms with E-state index >= 15 is 0 Å². The third-order valence-corrected chi connectivity index (χ3v) is 3.39. The fourth-order valence-corrected chi connectivity index (χ4v) is 2.26. The molecule has 2 aliphatic rings. The largest absolute Gasteiger partial charge is 0.454 e. The van der Waals surface area contributed by atoms with Crippen molar-refractivity contribution in [1.82, 2.24) is 10.7 Å². The van der Waals surface area contributed by atoms with Crippen molar-refractivity contribution >= 4 is 18.0 Å². The monoisotopic (exact) mass is 289 g/mol. The van der Waals surface area contributed by atoms with Crippen molar-refractivity contribution in [3.05, 3.63) is 23.8 Å². The zero-order chi connectivity index (χ0) is 14.7. The van der Waals surface area contributed by atoms with E-state index in [0.717, 1.165) is 12.0 Å². The highest BCUT2D eigenvalue weighted by Crippen LogP contribution is 2.31. The Bertz CT molecular complexity index is 600. The molecule has 0 spiro atoms. The average molecular weight is 289 g/mol. The number of benzene rings is 1. The van der Waals surface area contributed by atoms with Crippen molar-refractivity contribution in [3.63, 3.8) is 0 Å². The lowest BCUT2D eigenvalue weighted by Crippen LogP contribution is -2.43. The first kappa shape index (κ1) is 13.4. The molecule has 0 unspecified atom stereocenters. The molecule has 2 amide bonds. The molecule has 1 atom stereocenters. The topological polar surface area (TPSA) is 89.0 Å². The zero-order valence-electron chi connectivity index (χ0n) is 11.3. The van der Waals surface area contributed by atoms with E-state index in [-0.39, 0.29) is 18.6 Å². The minimum atomic E-state index is -0.660. The number of amides is 2. The normalized spacial score (nSPS) is 20.4. The Labute approximate surface area is 121 Å². The average Bonchev–Trinajstić information content (AvgIpc) is 2.95. The number of carbonyl (C=O) groups is 2. The van der Waals surface area contributed by atoms with Crippen molar-refractivity contribution in [2.45, 2.75) is 12.8 Å². The molecular weight excluding hydrogens is 274 g/mol. The maximum Gasteiger partial charge on any atom is 0.252 e. The molecule has 0 aliphatic carbocycles. The standard InChI is InChI=1S/C14H15N3O4/c18-13-10(2-1-5-15-13)14(19)17-16-7-9-3-4-11-12(6-9)21-8-20-11/h3-4,6-7,10H,1-2,5,8H2,(H,15,18)(H,17,19)/b16-7-/t10-/m0/s1. The van der Waals surface area contributed by atoms with E-state index in [1.165, 1.54) is 6.21 Å². The summed E-state index contributed by atoms with van der Waals surface area (Å²) in [6.07, 6.45) is 2.85. The maximum absolute atomic E-state index is 11.9. The van der Waals surface area contributed by atoms with E-state index < -0.39 is 5.92 Å². The van der Waals surface area contributed by atoms with Crippen molar-refractivity contribution in [1.29, 1.82) is 0 Å². The quantitative estimate of drug-likeness (QED) is 0.478. The van der Waals surface area contributed by atoms with Gasteiger partial charge in [0.2, 0.25) is 12.7 Å². The summed E-state index contributed by atoms with van der Waals surface area (Å²) in [7, 11) is 0. The number of hydrogen-bond donors (Lipinski definition) is 2. The van der Waals surface area contributed by atoms with Crippen LogP contribution in [0.4, 0.5) is 0 Å². The molecule has 110 valence electrons. The number of hydrazone groups is 1. The third-order valence-electron chi connectivity index (χ3n) is 3.39. The zero-order valence-corrected chi connectivity index (χ0v) is 11.3. The summed E-state index contributed by atoms with van der Waals surface area (Å²) in [5.41, 5.74) is 3.17. The summed E-state index contributed by atoms with van der Waals surface area (Å²) >= 11 is 0. The Hall–Kier alpha value is -2.57. The molecule has 3 rings (SSSR count). The van der Waals surface area contributed by atoms with Gasteiger partial charge in [-0.1, -0.05) is 0 Å². The molecule has 21 heavy (non-hydrogen) atoms. The highest BCUT2D eigenvalue weighted by molar-refractivity contribution is 6.00. The molecule has 0 saturated carbocycles. The number of nitrogens with zero attached hydrogens (tertiary/aromatic N) is 1. The lowest BCUT2D eigenvalue weighted by atomic mass is 9.98. The van der Waals surface area contributed by atoms with Crippen molar-refractivity contribution in [3.8, 4) is 11.5 Å². The van der Waals surface area contributed by atoms with E-state index in [4.69, 9.17) is 9.47 Å². The lowest BCUT2D eigenvalue weighted by molar-refractivity contribution is -0.136. The minimum Gasteiger partial charge on any atom is -0.454 e. The molecule has 7 heteroatoms. The van der Waals surface area contributed by atoms with Crippen LogP contribution in [-0.4, -0.2) is 31.4 Å². The second kappa shape index (κ2) is 5.82. The van der Waals surface area contributed by atoms with Gasteiger partial charge in [-0.3, -0.25) is 9.59 Å². The Kier molecular flexibility index (Phi) is 3.72. The number of nitrogens with one attached hydrogen (secondary N) is 2. The van der Waals surface area contributed by atoms with Crippen LogP contribution in [0.25, 0.3) is 0 Å². The maximum atomic E-state index is 11.9. The fraction of sp³-hybridized carbons (Fsp3) is 0.357. The van der Waals surface area contributed by atoms with Gasteiger partial charge < -0.3 is 14.8 Å². The van der Waals surface area contributed by atoms with Gasteiger partial charge in [0.25, 0.3) is 5.91 Å². The predicted molar refractivity (Wildman–Crippen MR) is 74.0 cm³/mol. The van der Waals surface area contributed by atoms with E-state index in [0.29, 0.717) is 24.5 Å². The molecule has 0 radical (unpaired) electrons. The van der Waals surface area contributed by atoms with Gasteiger partial charge in [0.1, 0.15) is 5.92 Å². The highest BCUT2D eigenvalue weighted by atomic mass is 16.7. The summed E-state index contributed by atoms with van der Waals surface area (Å²) in [6, 6.07) is 5.35. The summed E-state index contributed by atoms with van der Waals surface area (Å²) < 4.78 is 10.5. The first-order valence-corrected chi connectivity index (χ1v) is 6.74. The molecule has 2 N–H and O–H groups in total. The molecule has 0 aromatic heterocycles. The summed E-state index contributed by atoms with van der Waals surface area (Å²) in [5.74, 6) is 0.0564. The molecule has 2 heterocycles. The Morgan fingerprint density at radius 1 is 1.38 bits per heavy atom. The van der Waals surface area contributed by atoms with Gasteiger partial charge in [-0.2, -0.15) is 5.10 Å². The second-order valence-electron chi connectivity index (χ2n) is 4.83. The molecule has 1 saturated heterocycles. The van der Waals surface area contributed by atoms with Crippen LogP contribution in [0.2, 0.25) is 0 Å². The van der Waals surface area contributed by atoms with Crippen molar-refractivity contribution < 1.29 is 19.1 Å². The third kappa shape index (κ3) is 2.96. The van der Waals surface area contributed by atoms with Crippen molar-refractivity contribution in [2.75, 3.05) is 13.3 Å². The second-order valence-corrected chi connectivity index (χ2v) is 4.83. The van der Waals surface area contributed by atoms with E-state index in [9.17, 15) is 9.59 Å². The predicted octanol–water partition coefficient (Wildman–Crippen LogP) is 0.392. The molecule has 1 aromatic carbocycles. The van der Waals surface area contributed by atoms with Gasteiger partial charge in [-0.05, 0) is 36.6 Å². The van der Waals surface area contributed by atoms with E-state index in [1.807, 2.05) is 0 Å². The number of rotatable bonds is 3. The molecule has 1 fully saturated rings. The molecular formula is C14H15N3O4. The van der Waals surface area contributed by atoms with Crippen LogP contribution < -0.4 is 20.2 Å². The molecule has 1 aromatic rings. The number of fused-ring (bicyclic) bond motifs is 1. The van der Waals surface area contributed by atoms with Crippen LogP contribution in [0.1, 0.15) is 18.4 Å². The SMILES string of the molecule is O=C1NCCC[C@@H]1C(=O)N/N=C\c1ccc2c(c1)OCO2. The van der Waals surface area contributed by atoms with Crippen LogP contribution in [0.15, 0.2) is 23.3 Å². The molecule has 0 bridgehead atoms. The summed E-state index contributed by atoms with van der Waals surface area (Å²) in [6.45, 7) is 0.840. The number of ether oxygens (including phenoxy) is 2. The first-order chi connectivity index (χ1) is 10.2. The van der Waals surface area contributed by atoms with E-state index in [2.05, 4.69) is 15.8 Å². The molecule has 7 nitrogen and oxygen atoms in total. The van der Waals surface area contributed by atoms with Crippen molar-refractivity contribution in [2.24, 2.45) is 11.0 Å². The smallest absolute Gasteiger partial charge is 0.252 e. The van der Waals surface area contributed by atoms with Crippen LogP contribution >= 0.6 is 0 Å². The van der Waals surface area contributed by atoms with Gasteiger partial charge in [-0.25, -0.2) is 5.43 Å². The number of piperidine rings is 1. The molecule has 2 aliphatic heterocycles. The first-order valence-electron chi connectivity index (χ1n) is 6.74. The van der Waals surface area contributed by atoms with E-state index in [1.54, 1.807) is 18.2 Å². The van der Waals surface area contributed by atoms with Crippen LogP contribution in [0, 0.1) is 5.92 Å². The Morgan fingerprint density at radius 2 is 2.24 bits per heavy atom. The van der Waals surface area contributed by atoms with Gasteiger partial charge in [0.05, 0.1) is 6.21 Å². The number of hydrogen-bond acceptors (Lipinski definition) is 5. The Balaban J connectivity index is 1.59. The van der Waals surface area contributed by atoms with Gasteiger partial charge >= 0.3 is 0 Å². The number of carbonyl (C=O) groups excluding carboxylic acids is 2. The van der Waals surface area contributed by atoms with Crippen LogP contribution in [0.5, 0.6) is 11.5 Å². The van der Waals surface area contributed by atoms with Crippen LogP contribution in [0.3, 0.4) is 0 Å². The lowest BCUT2D eigenvalue weighted by Gasteiger charge is -2.19. The minimum absolute atomic E-state index is 0.212. The van der Waals surface area contributed by atoms with Gasteiger partial charge in [0.15, 0.2) is 11.5 Å². The Morgan fingerprint density at radius 3 is 3.10 bits per heavy atom. The van der Waals surface area contributed by atoms with Gasteiger partial charge in [-0.15, -0.1) is 0 Å². The fourth-order valence-electron chi connectivity index (χ4n) is 2.26. The summed E-state index contributed by atoms with van der Waals surface area (Å²) in [5, 5.41) is 6.54. The highest BCUT2D eigenvalue weighted by Gasteiger charge is 2.28. The summed E-state index contributed by atoms with van der Waals surface area (Å²) in [4.78, 5) is 23.4.